The summed E-state index contributed by atoms with van der Waals surface area (Å²) < 4.78 is 0. The molecule has 0 radical (unpaired) electrons. The van der Waals surface area contributed by atoms with E-state index in [1.807, 2.05) is 0 Å². The normalized spacial score (nSPS) is 12.3. The van der Waals surface area contributed by atoms with Crippen molar-refractivity contribution in [1.82, 2.24) is 0 Å². The first kappa shape index (κ1) is 14.5. The van der Waals surface area contributed by atoms with E-state index in [1.54, 1.807) is 0 Å². The summed E-state index contributed by atoms with van der Waals surface area (Å²) in [5, 5.41) is 0. The van der Waals surface area contributed by atoms with Gasteiger partial charge in [0.05, 0.1) is 0 Å². The van der Waals surface area contributed by atoms with Crippen LogP contribution in [0.4, 0.5) is 0 Å². The molecule has 0 fully saturated rings. The van der Waals surface area contributed by atoms with Gasteiger partial charge in [-0.25, -0.2) is 0 Å². The van der Waals surface area contributed by atoms with Crippen LogP contribution >= 0.6 is 12.4 Å². The molecule has 0 bridgehead atoms. The van der Waals surface area contributed by atoms with Crippen molar-refractivity contribution in [1.29, 1.82) is 0 Å². The summed E-state index contributed by atoms with van der Waals surface area (Å²) in [4.78, 5) is 0. The van der Waals surface area contributed by atoms with Crippen LogP contribution in [0.2, 0.25) is 0 Å². The van der Waals surface area contributed by atoms with Crippen LogP contribution in [0.1, 0.15) is 43.9 Å². The molecule has 0 aromatic heterocycles. The summed E-state index contributed by atoms with van der Waals surface area (Å²) in [6.45, 7) is 6.58. The molecular formula is C13H22ClN. The summed E-state index contributed by atoms with van der Waals surface area (Å²) in [5.41, 5.74) is 8.65. The van der Waals surface area contributed by atoms with E-state index in [0.29, 0.717) is 0 Å². The molecule has 1 nitrogen and oxygen atoms in total. The Morgan fingerprint density at radius 2 is 1.60 bits per heavy atom. The van der Waals surface area contributed by atoms with Crippen molar-refractivity contribution in [2.45, 2.75) is 39.7 Å². The molecule has 86 valence electrons. The lowest BCUT2D eigenvalue weighted by molar-refractivity contribution is 0.507. The van der Waals surface area contributed by atoms with Gasteiger partial charge in [-0.1, -0.05) is 43.7 Å². The Morgan fingerprint density at radius 3 is 2.07 bits per heavy atom. The molecule has 0 saturated heterocycles. The lowest BCUT2D eigenvalue weighted by Gasteiger charge is -2.13. The van der Waals surface area contributed by atoms with Crippen molar-refractivity contribution in [3.63, 3.8) is 0 Å². The Balaban J connectivity index is 0.00000196. The standard InChI is InChI=1S/C13H21N.ClH/c1-10(2)4-9-13(14)12-7-5-11(3)6-8-12;/h5-8,10,13H,4,9,14H2,1-3H3;1H. The molecule has 0 aliphatic heterocycles. The van der Waals surface area contributed by atoms with Crippen molar-refractivity contribution < 1.29 is 0 Å². The third kappa shape index (κ3) is 5.19. The van der Waals surface area contributed by atoms with Crippen LogP contribution in [0.3, 0.4) is 0 Å². The van der Waals surface area contributed by atoms with E-state index < -0.39 is 0 Å². The van der Waals surface area contributed by atoms with E-state index in [-0.39, 0.29) is 18.4 Å². The maximum atomic E-state index is 6.09. The first-order valence-corrected chi connectivity index (χ1v) is 5.41. The fraction of sp³-hybridized carbons (Fsp3) is 0.538. The smallest absolute Gasteiger partial charge is 0.0294 e. The van der Waals surface area contributed by atoms with Crippen molar-refractivity contribution in [2.75, 3.05) is 0 Å². The molecule has 15 heavy (non-hydrogen) atoms. The van der Waals surface area contributed by atoms with Gasteiger partial charge in [0.25, 0.3) is 0 Å². The van der Waals surface area contributed by atoms with Gasteiger partial charge in [0.1, 0.15) is 0 Å². The largest absolute Gasteiger partial charge is 0.324 e. The van der Waals surface area contributed by atoms with Gasteiger partial charge in [0.15, 0.2) is 0 Å². The molecule has 0 aliphatic rings. The van der Waals surface area contributed by atoms with Gasteiger partial charge >= 0.3 is 0 Å². The maximum Gasteiger partial charge on any atom is 0.0294 e. The maximum absolute atomic E-state index is 6.09. The van der Waals surface area contributed by atoms with Crippen LogP contribution in [0.5, 0.6) is 0 Å². The Bertz CT molecular complexity index is 266. The van der Waals surface area contributed by atoms with E-state index in [2.05, 4.69) is 45.0 Å². The fourth-order valence-electron chi connectivity index (χ4n) is 1.49. The fourth-order valence-corrected chi connectivity index (χ4v) is 1.49. The second kappa shape index (κ2) is 6.86. The Kier molecular flexibility index (Phi) is 6.62. The van der Waals surface area contributed by atoms with Crippen LogP contribution in [-0.4, -0.2) is 0 Å². The first-order chi connectivity index (χ1) is 6.59. The van der Waals surface area contributed by atoms with Crippen molar-refractivity contribution in [3.05, 3.63) is 35.4 Å². The monoisotopic (exact) mass is 227 g/mol. The highest BCUT2D eigenvalue weighted by molar-refractivity contribution is 5.85. The van der Waals surface area contributed by atoms with Crippen LogP contribution in [-0.2, 0) is 0 Å². The van der Waals surface area contributed by atoms with Crippen LogP contribution in [0.25, 0.3) is 0 Å². The average Bonchev–Trinajstić information content (AvgIpc) is 2.15. The zero-order chi connectivity index (χ0) is 10.6. The van der Waals surface area contributed by atoms with Gasteiger partial charge in [0, 0.05) is 6.04 Å². The molecule has 2 N–H and O–H groups in total. The summed E-state index contributed by atoms with van der Waals surface area (Å²) in [6, 6.07) is 8.74. The zero-order valence-electron chi connectivity index (χ0n) is 9.86. The number of halogens is 1. The number of hydrogen-bond donors (Lipinski definition) is 1. The Hall–Kier alpha value is -0.530. The Morgan fingerprint density at radius 1 is 1.07 bits per heavy atom. The van der Waals surface area contributed by atoms with Crippen LogP contribution < -0.4 is 5.73 Å². The molecule has 0 heterocycles. The van der Waals surface area contributed by atoms with E-state index in [9.17, 15) is 0 Å². The minimum absolute atomic E-state index is 0. The van der Waals surface area contributed by atoms with Gasteiger partial charge in [-0.3, -0.25) is 0 Å². The highest BCUT2D eigenvalue weighted by Gasteiger charge is 2.06. The molecule has 1 rings (SSSR count). The predicted octanol–water partition coefficient (Wildman–Crippen LogP) is 3.85. The minimum Gasteiger partial charge on any atom is -0.324 e. The third-order valence-corrected chi connectivity index (χ3v) is 2.56. The molecule has 1 atom stereocenters. The lowest BCUT2D eigenvalue weighted by Crippen LogP contribution is -2.11. The topological polar surface area (TPSA) is 26.0 Å². The van der Waals surface area contributed by atoms with E-state index in [1.165, 1.54) is 17.5 Å². The molecule has 0 saturated carbocycles. The Labute approximate surface area is 99.5 Å². The summed E-state index contributed by atoms with van der Waals surface area (Å²) in [7, 11) is 0. The number of nitrogens with two attached hydrogens (primary N) is 1. The van der Waals surface area contributed by atoms with Gasteiger partial charge in [0.2, 0.25) is 0 Å². The third-order valence-electron chi connectivity index (χ3n) is 2.56. The number of aryl methyl sites for hydroxylation is 1. The molecule has 2 heteroatoms. The highest BCUT2D eigenvalue weighted by atomic mass is 35.5. The van der Waals surface area contributed by atoms with Gasteiger partial charge in [-0.15, -0.1) is 12.4 Å². The van der Waals surface area contributed by atoms with Gasteiger partial charge in [-0.05, 0) is 31.2 Å². The van der Waals surface area contributed by atoms with Gasteiger partial charge in [-0.2, -0.15) is 0 Å². The molecule has 0 spiro atoms. The van der Waals surface area contributed by atoms with E-state index in [0.717, 1.165) is 12.3 Å². The average molecular weight is 228 g/mol. The number of hydrogen-bond acceptors (Lipinski definition) is 1. The lowest BCUT2D eigenvalue weighted by atomic mass is 9.98. The predicted molar refractivity (Wildman–Crippen MR) is 69.4 cm³/mol. The molecule has 1 aromatic carbocycles. The number of rotatable bonds is 4. The summed E-state index contributed by atoms with van der Waals surface area (Å²) in [5.74, 6) is 0.742. The summed E-state index contributed by atoms with van der Waals surface area (Å²) >= 11 is 0. The van der Waals surface area contributed by atoms with Crippen molar-refractivity contribution >= 4 is 12.4 Å². The van der Waals surface area contributed by atoms with E-state index >= 15 is 0 Å². The molecule has 0 amide bonds. The minimum atomic E-state index is 0. The molecule has 0 aliphatic carbocycles. The quantitative estimate of drug-likeness (QED) is 0.831. The van der Waals surface area contributed by atoms with Crippen LogP contribution in [0, 0.1) is 12.8 Å². The van der Waals surface area contributed by atoms with E-state index in [4.69, 9.17) is 5.73 Å². The molecular weight excluding hydrogens is 206 g/mol. The van der Waals surface area contributed by atoms with Gasteiger partial charge < -0.3 is 5.73 Å². The number of benzene rings is 1. The highest BCUT2D eigenvalue weighted by Crippen LogP contribution is 2.18. The molecule has 1 aromatic rings. The van der Waals surface area contributed by atoms with Crippen molar-refractivity contribution in [2.24, 2.45) is 11.7 Å². The van der Waals surface area contributed by atoms with Crippen molar-refractivity contribution in [3.8, 4) is 0 Å². The second-order valence-corrected chi connectivity index (χ2v) is 4.49. The second-order valence-electron chi connectivity index (χ2n) is 4.49. The molecule has 1 unspecified atom stereocenters. The SMILES string of the molecule is Cc1ccc(C(N)CCC(C)C)cc1.Cl. The first-order valence-electron chi connectivity index (χ1n) is 5.41. The van der Waals surface area contributed by atoms with Crippen LogP contribution in [0.15, 0.2) is 24.3 Å². The summed E-state index contributed by atoms with van der Waals surface area (Å²) in [6.07, 6.45) is 2.29. The zero-order valence-corrected chi connectivity index (χ0v) is 10.7.